The molecule has 0 fully saturated rings. The zero-order valence-corrected chi connectivity index (χ0v) is 6.69. The summed E-state index contributed by atoms with van der Waals surface area (Å²) in [6, 6.07) is 7.34. The lowest BCUT2D eigenvalue weighted by Crippen LogP contribution is -1.88. The Balaban J connectivity index is 2.32. The van der Waals surface area contributed by atoms with E-state index in [1.54, 1.807) is 6.07 Å². The Hall–Kier alpha value is -1.84. The van der Waals surface area contributed by atoms with Gasteiger partial charge < -0.3 is 9.15 Å². The van der Waals surface area contributed by atoms with Crippen LogP contribution in [0, 0.1) is 0 Å². The van der Waals surface area contributed by atoms with Crippen LogP contribution in [0.25, 0.3) is 11.1 Å². The maximum absolute atomic E-state index is 9.78. The van der Waals surface area contributed by atoms with Crippen molar-refractivity contribution in [3.05, 3.63) is 30.2 Å². The second-order valence-electron chi connectivity index (χ2n) is 2.45. The molecule has 0 bridgehead atoms. The highest BCUT2D eigenvalue weighted by molar-refractivity contribution is 5.72. The van der Waals surface area contributed by atoms with Crippen LogP contribution < -0.4 is 0 Å². The molecule has 13 heavy (non-hydrogen) atoms. The summed E-state index contributed by atoms with van der Waals surface area (Å²) < 4.78 is 9.64. The Morgan fingerprint density at radius 1 is 1.46 bits per heavy atom. The second-order valence-corrected chi connectivity index (χ2v) is 2.45. The van der Waals surface area contributed by atoms with Gasteiger partial charge in [-0.2, -0.15) is 0 Å². The van der Waals surface area contributed by atoms with Gasteiger partial charge in [0, 0.05) is 0 Å². The monoisotopic (exact) mass is 176 g/mol. The molecule has 0 N–H and O–H groups in total. The molecule has 4 heteroatoms. The largest absolute Gasteiger partial charge is 0.447 e. The van der Waals surface area contributed by atoms with Crippen molar-refractivity contribution >= 4 is 17.6 Å². The smallest absolute Gasteiger partial charge is 0.417 e. The first-order valence-corrected chi connectivity index (χ1v) is 3.73. The third-order valence-electron chi connectivity index (χ3n) is 1.59. The molecule has 0 saturated carbocycles. The molecule has 65 valence electrons. The number of nitrogens with zero attached hydrogens (tertiary/aromatic N) is 1. The van der Waals surface area contributed by atoms with Crippen molar-refractivity contribution in [1.29, 1.82) is 0 Å². The molecule has 0 aliphatic carbocycles. The lowest BCUT2D eigenvalue weighted by atomic mass is 10.3. The van der Waals surface area contributed by atoms with Gasteiger partial charge in [0.15, 0.2) is 12.2 Å². The molecule has 0 amide bonds. The fourth-order valence-electron chi connectivity index (χ4n) is 1.07. The van der Waals surface area contributed by atoms with Crippen molar-refractivity contribution in [3.63, 3.8) is 0 Å². The molecule has 0 saturated heterocycles. The van der Waals surface area contributed by atoms with Crippen molar-refractivity contribution in [1.82, 2.24) is 4.98 Å². The Kier molecular flexibility index (Phi) is 1.96. The Morgan fingerprint density at radius 3 is 3.08 bits per heavy atom. The summed E-state index contributed by atoms with van der Waals surface area (Å²) in [4.78, 5) is 13.9. The molecular weight excluding hydrogens is 170 g/mol. The van der Waals surface area contributed by atoms with E-state index < -0.39 is 0 Å². The SMILES string of the molecule is O=[C]OCc1nc2ccccc2o1. The molecule has 0 aliphatic rings. The zero-order chi connectivity index (χ0) is 9.10. The van der Waals surface area contributed by atoms with Gasteiger partial charge in [-0.1, -0.05) is 12.1 Å². The van der Waals surface area contributed by atoms with E-state index in [-0.39, 0.29) is 6.61 Å². The van der Waals surface area contributed by atoms with Crippen LogP contribution in [-0.4, -0.2) is 11.5 Å². The van der Waals surface area contributed by atoms with E-state index >= 15 is 0 Å². The number of hydrogen-bond donors (Lipinski definition) is 0. The highest BCUT2D eigenvalue weighted by Crippen LogP contribution is 2.14. The van der Waals surface area contributed by atoms with Gasteiger partial charge in [-0.3, -0.25) is 0 Å². The van der Waals surface area contributed by atoms with E-state index in [0.29, 0.717) is 11.5 Å². The van der Waals surface area contributed by atoms with E-state index in [1.807, 2.05) is 18.2 Å². The lowest BCUT2D eigenvalue weighted by molar-refractivity contribution is 0.236. The highest BCUT2D eigenvalue weighted by Gasteiger charge is 2.03. The fraction of sp³-hybridized carbons (Fsp3) is 0.111. The first-order chi connectivity index (χ1) is 6.40. The Morgan fingerprint density at radius 2 is 2.31 bits per heavy atom. The van der Waals surface area contributed by atoms with Crippen molar-refractivity contribution in [2.75, 3.05) is 0 Å². The third kappa shape index (κ3) is 1.51. The van der Waals surface area contributed by atoms with Crippen LogP contribution >= 0.6 is 0 Å². The molecule has 0 atom stereocenters. The van der Waals surface area contributed by atoms with E-state index in [1.165, 1.54) is 6.47 Å². The van der Waals surface area contributed by atoms with Crippen LogP contribution in [-0.2, 0) is 16.1 Å². The predicted octanol–water partition coefficient (Wildman–Crippen LogP) is 1.41. The van der Waals surface area contributed by atoms with Crippen LogP contribution in [0.4, 0.5) is 0 Å². The van der Waals surface area contributed by atoms with E-state index in [4.69, 9.17) is 4.42 Å². The van der Waals surface area contributed by atoms with Crippen LogP contribution in [0.1, 0.15) is 5.89 Å². The van der Waals surface area contributed by atoms with E-state index in [9.17, 15) is 4.79 Å². The van der Waals surface area contributed by atoms with Gasteiger partial charge in [0.2, 0.25) is 5.89 Å². The summed E-state index contributed by atoms with van der Waals surface area (Å²) in [5.74, 6) is 0.379. The molecule has 1 aromatic heterocycles. The molecule has 0 aliphatic heterocycles. The predicted molar refractivity (Wildman–Crippen MR) is 44.5 cm³/mol. The number of aromatic nitrogens is 1. The molecule has 2 aromatic rings. The van der Waals surface area contributed by atoms with Gasteiger partial charge in [-0.05, 0) is 12.1 Å². The van der Waals surface area contributed by atoms with Crippen LogP contribution in [0.15, 0.2) is 28.7 Å². The second kappa shape index (κ2) is 3.26. The van der Waals surface area contributed by atoms with Crippen LogP contribution in [0.5, 0.6) is 0 Å². The van der Waals surface area contributed by atoms with Crippen molar-refractivity contribution in [3.8, 4) is 0 Å². The number of ether oxygens (including phenoxy) is 1. The van der Waals surface area contributed by atoms with E-state index in [0.717, 1.165) is 5.52 Å². The number of rotatable bonds is 3. The minimum Gasteiger partial charge on any atom is -0.447 e. The average Bonchev–Trinajstić information content (AvgIpc) is 2.57. The van der Waals surface area contributed by atoms with Crippen LogP contribution in [0.2, 0.25) is 0 Å². The van der Waals surface area contributed by atoms with Gasteiger partial charge in [0.05, 0.1) is 0 Å². The maximum atomic E-state index is 9.78. The van der Waals surface area contributed by atoms with Crippen molar-refractivity contribution in [2.45, 2.75) is 6.61 Å². The first kappa shape index (κ1) is 7.79. The standard InChI is InChI=1S/C9H6NO3/c11-6-12-5-9-10-7-3-1-2-4-8(7)13-9/h1-4H,5H2. The molecule has 0 spiro atoms. The maximum Gasteiger partial charge on any atom is 0.417 e. The number of benzene rings is 1. The quantitative estimate of drug-likeness (QED) is 0.709. The summed E-state index contributed by atoms with van der Waals surface area (Å²) in [5.41, 5.74) is 1.44. The van der Waals surface area contributed by atoms with Gasteiger partial charge in [0.1, 0.15) is 5.52 Å². The highest BCUT2D eigenvalue weighted by atomic mass is 16.5. The molecule has 0 unspecified atom stereocenters. The molecule has 2 rings (SSSR count). The number of fused-ring (bicyclic) bond motifs is 1. The fourth-order valence-corrected chi connectivity index (χ4v) is 1.07. The van der Waals surface area contributed by atoms with Gasteiger partial charge in [0.25, 0.3) is 0 Å². The minimum absolute atomic E-state index is 0.0260. The first-order valence-electron chi connectivity index (χ1n) is 3.73. The zero-order valence-electron chi connectivity index (χ0n) is 6.69. The molecule has 4 nitrogen and oxygen atoms in total. The molecule has 1 radical (unpaired) electrons. The molecular formula is C9H6NO3. The lowest BCUT2D eigenvalue weighted by Gasteiger charge is -1.87. The van der Waals surface area contributed by atoms with E-state index in [2.05, 4.69) is 9.72 Å². The third-order valence-corrected chi connectivity index (χ3v) is 1.59. The van der Waals surface area contributed by atoms with Crippen LogP contribution in [0.3, 0.4) is 0 Å². The summed E-state index contributed by atoms with van der Waals surface area (Å²) in [6.45, 7) is 1.34. The van der Waals surface area contributed by atoms with Crippen molar-refractivity contribution in [2.24, 2.45) is 0 Å². The number of carbonyl (C=O) groups excluding carboxylic acids is 1. The summed E-state index contributed by atoms with van der Waals surface area (Å²) in [7, 11) is 0. The minimum atomic E-state index is 0.0260. The average molecular weight is 176 g/mol. The number of hydrogen-bond acceptors (Lipinski definition) is 4. The number of oxazole rings is 1. The normalized spacial score (nSPS) is 10.2. The summed E-state index contributed by atoms with van der Waals surface area (Å²) >= 11 is 0. The number of para-hydroxylation sites is 2. The Bertz CT molecular complexity index is 388. The molecule has 1 aromatic carbocycles. The van der Waals surface area contributed by atoms with Gasteiger partial charge >= 0.3 is 6.47 Å². The molecule has 1 heterocycles. The summed E-state index contributed by atoms with van der Waals surface area (Å²) in [5, 5.41) is 0. The van der Waals surface area contributed by atoms with Gasteiger partial charge in [-0.25, -0.2) is 9.78 Å². The Labute approximate surface area is 74.1 Å². The van der Waals surface area contributed by atoms with Gasteiger partial charge in [-0.15, -0.1) is 0 Å². The van der Waals surface area contributed by atoms with Crippen molar-refractivity contribution < 1.29 is 13.9 Å². The topological polar surface area (TPSA) is 52.3 Å². The summed E-state index contributed by atoms with van der Waals surface area (Å²) in [6.07, 6.45) is 0.